The minimum absolute atomic E-state index is 0.0300. The smallest absolute Gasteiger partial charge is 0.348 e. The molecule has 0 aromatic carbocycles. The molecule has 1 unspecified atom stereocenters. The summed E-state index contributed by atoms with van der Waals surface area (Å²) in [5, 5.41) is 20.9. The highest BCUT2D eigenvalue weighted by molar-refractivity contribution is 6.07. The number of nitrogens with one attached hydrogen (secondary N) is 1. The van der Waals surface area contributed by atoms with Crippen molar-refractivity contribution in [3.63, 3.8) is 0 Å². The van der Waals surface area contributed by atoms with E-state index < -0.39 is 17.5 Å². The van der Waals surface area contributed by atoms with Crippen molar-refractivity contribution in [1.82, 2.24) is 4.98 Å². The van der Waals surface area contributed by atoms with Crippen LogP contribution in [0.25, 0.3) is 12.2 Å². The molecule has 0 aliphatic carbocycles. The maximum Gasteiger partial charge on any atom is 0.348 e. The Labute approximate surface area is 242 Å². The molecule has 0 radical (unpaired) electrons. The van der Waals surface area contributed by atoms with Gasteiger partial charge in [-0.05, 0) is 56.4 Å². The van der Waals surface area contributed by atoms with Crippen LogP contribution in [-0.2, 0) is 11.2 Å². The number of carbonyl (C=O) groups excluding carboxylic acids is 1. The van der Waals surface area contributed by atoms with Crippen LogP contribution < -0.4 is 16.2 Å². The number of aromatic nitrogens is 1. The lowest BCUT2D eigenvalue weighted by atomic mass is 9.84. The second-order valence-electron chi connectivity index (χ2n) is 11.8. The second kappa shape index (κ2) is 10.2. The predicted octanol–water partition coefficient (Wildman–Crippen LogP) is 3.48. The van der Waals surface area contributed by atoms with Gasteiger partial charge in [0.15, 0.2) is 5.78 Å². The van der Waals surface area contributed by atoms with E-state index in [-0.39, 0.29) is 64.5 Å². The van der Waals surface area contributed by atoms with Gasteiger partial charge in [-0.25, -0.2) is 9.79 Å². The fourth-order valence-corrected chi connectivity index (χ4v) is 7.08. The van der Waals surface area contributed by atoms with Gasteiger partial charge in [-0.2, -0.15) is 0 Å². The predicted molar refractivity (Wildman–Crippen MR) is 157 cm³/mol. The lowest BCUT2D eigenvalue weighted by Crippen LogP contribution is -2.41. The molecule has 5 atom stereocenters. The summed E-state index contributed by atoms with van der Waals surface area (Å²) in [5.74, 6) is -1.80. The first-order chi connectivity index (χ1) is 20.0. The van der Waals surface area contributed by atoms with Crippen LogP contribution in [0.15, 0.2) is 41.7 Å². The molecule has 0 amide bonds. The number of rotatable bonds is 5. The molecule has 4 aliphatic heterocycles. The average Bonchev–Trinajstić information content (AvgIpc) is 3.63. The highest BCUT2D eigenvalue weighted by atomic mass is 16.5. The Hall–Kier alpha value is -4.34. The number of allylic oxidation sites excluding steroid dienone is 3. The Kier molecular flexibility index (Phi) is 6.74. The van der Waals surface area contributed by atoms with Crippen LogP contribution in [0, 0.1) is 30.6 Å². The molecular weight excluding hydrogens is 536 g/mol. The van der Waals surface area contributed by atoms with E-state index in [4.69, 9.17) is 19.4 Å². The number of aliphatic carboxylic acids is 1. The molecule has 8 bridgehead atoms. The topological polar surface area (TPSA) is 158 Å². The quantitative estimate of drug-likeness (QED) is 0.467. The Bertz CT molecular complexity index is 1850. The average molecular weight is 571 g/mol. The van der Waals surface area contributed by atoms with E-state index in [1.165, 1.54) is 0 Å². The number of ketones is 1. The summed E-state index contributed by atoms with van der Waals surface area (Å²) in [6.07, 6.45) is 7.02. The molecule has 218 valence electrons. The summed E-state index contributed by atoms with van der Waals surface area (Å²) < 4.78 is 5.27. The molecule has 6 rings (SSSR count). The van der Waals surface area contributed by atoms with Crippen molar-refractivity contribution < 1.29 is 24.2 Å². The Morgan fingerprint density at radius 2 is 1.90 bits per heavy atom. The second-order valence-corrected chi connectivity index (χ2v) is 11.8. The summed E-state index contributed by atoms with van der Waals surface area (Å²) in [5.41, 5.74) is 5.03. The monoisotopic (exact) mass is 570 g/mol. The zero-order valence-corrected chi connectivity index (χ0v) is 24.3. The van der Waals surface area contributed by atoms with Crippen LogP contribution in [0.2, 0.25) is 0 Å². The van der Waals surface area contributed by atoms with E-state index in [2.05, 4.69) is 18.8 Å². The van der Waals surface area contributed by atoms with Crippen LogP contribution in [-0.4, -0.2) is 44.4 Å². The lowest BCUT2D eigenvalue weighted by Gasteiger charge is -2.19. The number of aromatic amines is 1. The van der Waals surface area contributed by atoms with Crippen LogP contribution in [0.1, 0.15) is 79.8 Å². The van der Waals surface area contributed by atoms with Crippen molar-refractivity contribution >= 4 is 35.3 Å². The van der Waals surface area contributed by atoms with E-state index in [1.54, 1.807) is 13.0 Å². The number of Topliss-reactive ketones (excluding diaryl/α,β-unsaturated/α-hetero) is 1. The first-order valence-electron chi connectivity index (χ1n) is 14.5. The van der Waals surface area contributed by atoms with Crippen LogP contribution in [0.3, 0.4) is 0 Å². The summed E-state index contributed by atoms with van der Waals surface area (Å²) in [6, 6.07) is -0.0600. The molecule has 3 N–H and O–H groups in total. The summed E-state index contributed by atoms with van der Waals surface area (Å²) in [4.78, 5) is 55.6. The molecule has 0 saturated carbocycles. The van der Waals surface area contributed by atoms with Gasteiger partial charge in [0.1, 0.15) is 5.56 Å². The van der Waals surface area contributed by atoms with E-state index in [1.807, 2.05) is 26.0 Å². The number of carboxylic acids is 1. The third-order valence-corrected chi connectivity index (χ3v) is 9.34. The molecule has 10 nitrogen and oxygen atoms in total. The van der Waals surface area contributed by atoms with Crippen LogP contribution >= 0.6 is 0 Å². The van der Waals surface area contributed by atoms with Crippen molar-refractivity contribution in [2.75, 3.05) is 0 Å². The van der Waals surface area contributed by atoms with Gasteiger partial charge in [-0.15, -0.1) is 0 Å². The van der Waals surface area contributed by atoms with Gasteiger partial charge in [0.25, 0.3) is 5.95 Å². The van der Waals surface area contributed by atoms with Crippen molar-refractivity contribution in [3.05, 3.63) is 66.5 Å². The van der Waals surface area contributed by atoms with Crippen molar-refractivity contribution in [3.8, 4) is 5.95 Å². The number of aromatic hydroxyl groups is 1. The summed E-state index contributed by atoms with van der Waals surface area (Å²) >= 11 is 0. The van der Waals surface area contributed by atoms with Gasteiger partial charge in [-0.3, -0.25) is 19.6 Å². The fourth-order valence-electron chi connectivity index (χ4n) is 7.08. The minimum atomic E-state index is -0.943. The lowest BCUT2D eigenvalue weighted by molar-refractivity contribution is -0.137. The molecule has 0 spiro atoms. The fraction of sp³-hybridized carbons (Fsp3) is 0.438. The number of hydrogen-bond donors (Lipinski definition) is 3. The van der Waals surface area contributed by atoms with Gasteiger partial charge in [-0.1, -0.05) is 20.8 Å². The summed E-state index contributed by atoms with van der Waals surface area (Å²) in [7, 11) is 0. The molecule has 0 fully saturated rings. The SMILES string of the molecule is CC[C@H]1C2=NC(Cc3[nH]c(c(C)c3C(C)=O)/C=C3\N=C(c4c(O)oc(=O)c5c4=NC(=C2)C=5)[C@@H](CCC(=O)O)[C@@H]3C)[C@@H]1C. The van der Waals surface area contributed by atoms with Crippen molar-refractivity contribution in [1.29, 1.82) is 0 Å². The van der Waals surface area contributed by atoms with E-state index in [0.717, 1.165) is 29.1 Å². The Morgan fingerprint density at radius 1 is 1.14 bits per heavy atom. The maximum absolute atomic E-state index is 12.9. The largest absolute Gasteiger partial charge is 0.481 e. The van der Waals surface area contributed by atoms with E-state index in [0.29, 0.717) is 29.1 Å². The third kappa shape index (κ3) is 4.40. The molecular formula is C32H34N4O6. The molecule has 10 heteroatoms. The number of hydrogen-bond acceptors (Lipinski definition) is 8. The normalized spacial score (nSPS) is 26.9. The Morgan fingerprint density at radius 3 is 2.60 bits per heavy atom. The van der Waals surface area contributed by atoms with Gasteiger partial charge in [0.05, 0.1) is 28.0 Å². The first kappa shape index (κ1) is 27.8. The van der Waals surface area contributed by atoms with Gasteiger partial charge in [0.2, 0.25) is 0 Å². The number of nitrogens with zero attached hydrogens (tertiary/aromatic N) is 3. The Balaban J connectivity index is 1.65. The number of H-pyrrole nitrogens is 1. The zero-order chi connectivity index (χ0) is 30.0. The van der Waals surface area contributed by atoms with E-state index >= 15 is 0 Å². The van der Waals surface area contributed by atoms with Gasteiger partial charge >= 0.3 is 11.6 Å². The molecule has 6 heterocycles. The molecule has 42 heavy (non-hydrogen) atoms. The molecule has 2 aromatic heterocycles. The zero-order valence-electron chi connectivity index (χ0n) is 24.3. The summed E-state index contributed by atoms with van der Waals surface area (Å²) in [6.45, 7) is 9.74. The van der Waals surface area contributed by atoms with Crippen molar-refractivity contribution in [2.24, 2.45) is 38.6 Å². The standard InChI is InChI=1S/C32H34N4O6/c1-6-18-13(2)21-12-25-27(16(5)37)15(4)23(35-25)11-22-14(3)19(7-8-26(38)39)29(36-22)28-30-20(31(40)42-32(28)41)9-17(33-30)10-24(18)34-21/h9-11,13-14,18-19,21,35,41H,6-8,12H2,1-5H3,(H,38,39)/b17-10?,22-11-/t13-,14+,18-,19+,21?/m1/s1. The first-order valence-corrected chi connectivity index (χ1v) is 14.5. The number of aliphatic imine (C=N–C) groups is 2. The van der Waals surface area contributed by atoms with Crippen LogP contribution in [0.4, 0.5) is 0 Å². The van der Waals surface area contributed by atoms with E-state index in [9.17, 15) is 24.6 Å². The minimum Gasteiger partial charge on any atom is -0.481 e. The number of fused-ring (bicyclic) bond motifs is 6. The molecule has 2 aromatic rings. The highest BCUT2D eigenvalue weighted by Crippen LogP contribution is 2.39. The van der Waals surface area contributed by atoms with Gasteiger partial charge < -0.3 is 19.6 Å². The van der Waals surface area contributed by atoms with Gasteiger partial charge in [0, 0.05) is 59.0 Å². The maximum atomic E-state index is 12.9. The third-order valence-electron chi connectivity index (χ3n) is 9.34. The number of carbonyl (C=O) groups is 2. The highest BCUT2D eigenvalue weighted by Gasteiger charge is 2.38. The number of carboxylic acid groups (broad SMARTS) is 1. The van der Waals surface area contributed by atoms with Crippen molar-refractivity contribution in [2.45, 2.75) is 66.3 Å². The van der Waals surface area contributed by atoms with Crippen LogP contribution in [0.5, 0.6) is 5.95 Å². The molecule has 4 aliphatic rings. The molecule has 0 saturated heterocycles.